The number of primary amides is 1. The summed E-state index contributed by atoms with van der Waals surface area (Å²) in [6.07, 6.45) is 2.26. The van der Waals surface area contributed by atoms with Crippen molar-refractivity contribution in [2.45, 2.75) is 50.8 Å². The number of hydrogen-bond acceptors (Lipinski definition) is 10. The van der Waals surface area contributed by atoms with Crippen LogP contribution in [0.5, 0.6) is 5.75 Å². The number of aliphatic hydroxyl groups excluding tert-OH is 2. The molecule has 1 saturated carbocycles. The molecule has 1 heterocycles. The fourth-order valence-corrected chi connectivity index (χ4v) is 7.51. The van der Waals surface area contributed by atoms with E-state index in [0.717, 1.165) is 49.1 Å². The molecule has 2 aromatic rings. The number of rotatable bonds is 7. The van der Waals surface area contributed by atoms with Crippen LogP contribution in [-0.2, 0) is 27.3 Å². The lowest BCUT2D eigenvalue weighted by Crippen LogP contribution is -2.65. The van der Waals surface area contributed by atoms with Crippen LogP contribution in [0.3, 0.4) is 0 Å². The predicted octanol–water partition coefficient (Wildman–Crippen LogP) is 2.14. The Balaban J connectivity index is 1.56. The third kappa shape index (κ3) is 4.16. The van der Waals surface area contributed by atoms with E-state index in [-0.39, 0.29) is 29.7 Å². The summed E-state index contributed by atoms with van der Waals surface area (Å²) < 4.78 is 0. The van der Waals surface area contributed by atoms with Gasteiger partial charge in [-0.05, 0) is 76.0 Å². The van der Waals surface area contributed by atoms with Gasteiger partial charge in [-0.2, -0.15) is 0 Å². The molecular formula is C32H38N4O7. The monoisotopic (exact) mass is 590 g/mol. The van der Waals surface area contributed by atoms with Gasteiger partial charge in [-0.3, -0.25) is 24.2 Å². The maximum absolute atomic E-state index is 14.2. The summed E-state index contributed by atoms with van der Waals surface area (Å²) in [4.78, 5) is 43.5. The van der Waals surface area contributed by atoms with Crippen molar-refractivity contribution in [2.24, 2.45) is 17.6 Å². The van der Waals surface area contributed by atoms with Crippen molar-refractivity contribution in [3.63, 3.8) is 0 Å². The molecule has 2 fully saturated rings. The smallest absolute Gasteiger partial charge is 0.255 e. The van der Waals surface area contributed by atoms with E-state index in [1.54, 1.807) is 14.1 Å². The SMILES string of the molecule is CCCNc1c2c(c(O)c3cc(CN4CCC4)ccc13)C(O)=C1C(=O)[C@]3(O)C(O)=C(C(N)=O)C(=O)[C@@H](N(C)C)[C@@H]3C[C@@H]1C2. The van der Waals surface area contributed by atoms with E-state index in [9.17, 15) is 34.8 Å². The molecule has 0 spiro atoms. The zero-order chi connectivity index (χ0) is 31.0. The maximum atomic E-state index is 14.2. The van der Waals surface area contributed by atoms with Gasteiger partial charge >= 0.3 is 0 Å². The highest BCUT2D eigenvalue weighted by Gasteiger charge is 2.64. The number of aliphatic hydroxyl groups is 3. The Morgan fingerprint density at radius 1 is 1.16 bits per heavy atom. The number of nitrogens with zero attached hydrogens (tertiary/aromatic N) is 2. The molecule has 0 radical (unpaired) electrons. The van der Waals surface area contributed by atoms with Gasteiger partial charge < -0.3 is 31.5 Å². The van der Waals surface area contributed by atoms with E-state index < -0.39 is 58.0 Å². The highest BCUT2D eigenvalue weighted by atomic mass is 16.3. The van der Waals surface area contributed by atoms with E-state index in [1.165, 1.54) is 4.90 Å². The Bertz CT molecular complexity index is 1640. The largest absolute Gasteiger partial charge is 0.508 e. The minimum Gasteiger partial charge on any atom is -0.508 e. The molecule has 3 aliphatic carbocycles. The van der Waals surface area contributed by atoms with E-state index in [0.29, 0.717) is 17.5 Å². The number of anilines is 1. The summed E-state index contributed by atoms with van der Waals surface area (Å²) in [7, 11) is 3.17. The highest BCUT2D eigenvalue weighted by molar-refractivity contribution is 6.24. The quantitative estimate of drug-likeness (QED) is 0.207. The van der Waals surface area contributed by atoms with Crippen LogP contribution in [0.25, 0.3) is 16.5 Å². The second kappa shape index (κ2) is 10.4. The van der Waals surface area contributed by atoms with Gasteiger partial charge in [0.05, 0.1) is 11.6 Å². The standard InChI is InChI=1S/C32H38N4O7/c1-4-8-34-24-17-7-6-15(14-36-9-5-10-36)11-18(17)26(37)22-19(24)12-16-13-20-25(35(2)3)28(39)23(31(33)42)30(41)32(20,43)29(40)21(16)27(22)38/h6-7,11,16,20,25,34,37-38,41,43H,4-5,8-10,12-14H2,1-3H3,(H2,33,42)/t16-,20-,25-,32-/m0/s1. The van der Waals surface area contributed by atoms with Crippen LogP contribution in [-0.4, -0.2) is 93.1 Å². The van der Waals surface area contributed by atoms with E-state index in [2.05, 4.69) is 10.2 Å². The molecule has 1 amide bonds. The van der Waals surface area contributed by atoms with Crippen LogP contribution < -0.4 is 11.1 Å². The summed E-state index contributed by atoms with van der Waals surface area (Å²) in [6, 6.07) is 4.79. The number of phenols is 1. The normalized spacial score (nSPS) is 27.2. The van der Waals surface area contributed by atoms with Gasteiger partial charge in [0.1, 0.15) is 22.8 Å². The molecule has 1 aliphatic heterocycles. The minimum absolute atomic E-state index is 0.0482. The summed E-state index contributed by atoms with van der Waals surface area (Å²) in [5, 5.41) is 51.2. The van der Waals surface area contributed by atoms with E-state index >= 15 is 0 Å². The van der Waals surface area contributed by atoms with Crippen molar-refractivity contribution in [3.8, 4) is 5.75 Å². The zero-order valence-corrected chi connectivity index (χ0v) is 24.6. The summed E-state index contributed by atoms with van der Waals surface area (Å²) in [6.45, 7) is 5.42. The number of nitrogens with two attached hydrogens (primary N) is 1. The molecule has 2 aromatic carbocycles. The fourth-order valence-electron chi connectivity index (χ4n) is 7.51. The number of likely N-dealkylation sites (tertiary alicyclic amines) is 1. The van der Waals surface area contributed by atoms with Gasteiger partial charge in [0.15, 0.2) is 11.4 Å². The molecule has 0 aromatic heterocycles. The molecule has 11 nitrogen and oxygen atoms in total. The Kier molecular flexibility index (Phi) is 7.02. The van der Waals surface area contributed by atoms with Gasteiger partial charge in [-0.25, -0.2) is 0 Å². The number of likely N-dealkylation sites (N-methyl/N-ethyl adjacent to an activating group) is 1. The highest BCUT2D eigenvalue weighted by Crippen LogP contribution is 2.55. The van der Waals surface area contributed by atoms with Crippen LogP contribution in [0.4, 0.5) is 5.69 Å². The second-order valence-electron chi connectivity index (χ2n) is 12.5. The first-order valence-electron chi connectivity index (χ1n) is 14.8. The van der Waals surface area contributed by atoms with E-state index in [4.69, 9.17) is 5.73 Å². The predicted molar refractivity (Wildman–Crippen MR) is 160 cm³/mol. The maximum Gasteiger partial charge on any atom is 0.255 e. The molecule has 4 atom stereocenters. The lowest BCUT2D eigenvalue weighted by molar-refractivity contribution is -0.153. The zero-order valence-electron chi connectivity index (χ0n) is 24.6. The average Bonchev–Trinajstić information content (AvgIpc) is 2.92. The van der Waals surface area contributed by atoms with E-state index in [1.807, 2.05) is 25.1 Å². The molecule has 0 bridgehead atoms. The number of carbonyl (C=O) groups excluding carboxylic acids is 3. The number of Topliss-reactive ketones (excluding diaryl/α,β-unsaturated/α-hetero) is 2. The van der Waals surface area contributed by atoms with Gasteiger partial charge in [0.2, 0.25) is 5.78 Å². The van der Waals surface area contributed by atoms with Crippen molar-refractivity contribution < 1.29 is 34.8 Å². The third-order valence-corrected chi connectivity index (χ3v) is 9.67. The van der Waals surface area contributed by atoms with Crippen molar-refractivity contribution in [3.05, 3.63) is 51.8 Å². The number of carbonyl (C=O) groups is 3. The van der Waals surface area contributed by atoms with Crippen LogP contribution in [0.2, 0.25) is 0 Å². The first-order chi connectivity index (χ1) is 20.4. The summed E-state index contributed by atoms with van der Waals surface area (Å²) >= 11 is 0. The summed E-state index contributed by atoms with van der Waals surface area (Å²) in [5.74, 6) is -6.53. The second-order valence-corrected chi connectivity index (χ2v) is 12.5. The Labute approximate surface area is 249 Å². The van der Waals surface area contributed by atoms with Gasteiger partial charge in [0, 0.05) is 41.0 Å². The van der Waals surface area contributed by atoms with Crippen LogP contribution in [0.1, 0.15) is 42.9 Å². The van der Waals surface area contributed by atoms with Crippen molar-refractivity contribution in [1.82, 2.24) is 9.80 Å². The Morgan fingerprint density at radius 2 is 1.88 bits per heavy atom. The molecule has 43 heavy (non-hydrogen) atoms. The van der Waals surface area contributed by atoms with Crippen molar-refractivity contribution >= 4 is 39.7 Å². The first-order valence-corrected chi connectivity index (χ1v) is 14.8. The number of hydrogen-bond donors (Lipinski definition) is 6. The third-order valence-electron chi connectivity index (χ3n) is 9.67. The summed E-state index contributed by atoms with van der Waals surface area (Å²) in [5.41, 5.74) is 4.28. The number of fused-ring (bicyclic) bond motifs is 4. The average molecular weight is 591 g/mol. The molecule has 4 aliphatic rings. The molecule has 0 unspecified atom stereocenters. The molecule has 228 valence electrons. The first kappa shape index (κ1) is 29.2. The number of amides is 1. The Hall–Kier alpha value is -3.93. The Morgan fingerprint density at radius 3 is 2.49 bits per heavy atom. The lowest BCUT2D eigenvalue weighted by atomic mass is 9.57. The molecule has 11 heteroatoms. The number of phenolic OH excluding ortho intramolecular Hbond substituents is 1. The molecule has 1 saturated heterocycles. The molecular weight excluding hydrogens is 552 g/mol. The molecule has 7 N–H and O–H groups in total. The minimum atomic E-state index is -2.66. The van der Waals surface area contributed by atoms with Gasteiger partial charge in [-0.1, -0.05) is 19.1 Å². The van der Waals surface area contributed by atoms with Gasteiger partial charge in [0.25, 0.3) is 5.91 Å². The fraction of sp³-hybridized carbons (Fsp3) is 0.469. The number of aromatic hydroxyl groups is 1. The molecule has 6 rings (SSSR count). The van der Waals surface area contributed by atoms with Crippen LogP contribution >= 0.6 is 0 Å². The van der Waals surface area contributed by atoms with Crippen molar-refractivity contribution in [1.29, 1.82) is 0 Å². The number of benzene rings is 2. The number of ketones is 2. The number of nitrogens with one attached hydrogen (secondary N) is 1. The van der Waals surface area contributed by atoms with Crippen molar-refractivity contribution in [2.75, 3.05) is 39.0 Å². The topological polar surface area (TPSA) is 177 Å². The van der Waals surface area contributed by atoms with Crippen LogP contribution in [0.15, 0.2) is 35.1 Å². The lowest BCUT2D eigenvalue weighted by Gasteiger charge is -2.50. The van der Waals surface area contributed by atoms with Crippen LogP contribution in [0, 0.1) is 11.8 Å². The van der Waals surface area contributed by atoms with Gasteiger partial charge in [-0.15, -0.1) is 0 Å².